The Bertz CT molecular complexity index is 482. The van der Waals surface area contributed by atoms with Crippen molar-refractivity contribution in [3.8, 4) is 0 Å². The van der Waals surface area contributed by atoms with E-state index in [1.54, 1.807) is 0 Å². The molecule has 4 nitrogen and oxygen atoms in total. The summed E-state index contributed by atoms with van der Waals surface area (Å²) < 4.78 is 0. The third kappa shape index (κ3) is 2.80. The number of carbonyl (C=O) groups excluding carboxylic acids is 1. The van der Waals surface area contributed by atoms with Gasteiger partial charge in [0.25, 0.3) is 0 Å². The molecule has 4 N–H and O–H groups in total. The first kappa shape index (κ1) is 14.0. The normalized spacial score (nSPS) is 16.1. The third-order valence-electron chi connectivity index (χ3n) is 3.95. The molecule has 0 radical (unpaired) electrons. The molecular weight excluding hydrogens is 238 g/mol. The van der Waals surface area contributed by atoms with Gasteiger partial charge < -0.3 is 16.4 Å². The molecule has 4 heteroatoms. The second-order valence-electron chi connectivity index (χ2n) is 5.89. The number of carbonyl (C=O) groups is 1. The molecule has 0 spiro atoms. The molecule has 2 rings (SSSR count). The fourth-order valence-corrected chi connectivity index (χ4v) is 2.95. The Morgan fingerprint density at radius 3 is 2.84 bits per heavy atom. The minimum absolute atomic E-state index is 0.0772. The molecule has 1 amide bonds. The summed E-state index contributed by atoms with van der Waals surface area (Å²) in [7, 11) is 1.97. The highest BCUT2D eigenvalue weighted by Crippen LogP contribution is 2.37. The van der Waals surface area contributed by atoms with E-state index in [0.29, 0.717) is 13.0 Å². The van der Waals surface area contributed by atoms with Gasteiger partial charge in [-0.05, 0) is 42.6 Å². The number of amides is 1. The first-order valence-corrected chi connectivity index (χ1v) is 6.78. The number of benzene rings is 1. The zero-order chi connectivity index (χ0) is 14.0. The number of rotatable bonds is 5. The number of hydrogen-bond donors (Lipinski definition) is 3. The van der Waals surface area contributed by atoms with Crippen LogP contribution in [0.2, 0.25) is 0 Å². The van der Waals surface area contributed by atoms with Crippen molar-refractivity contribution in [3.05, 3.63) is 29.3 Å². The van der Waals surface area contributed by atoms with Crippen molar-refractivity contribution in [2.45, 2.75) is 32.7 Å². The molecule has 0 saturated carbocycles. The Kier molecular flexibility index (Phi) is 3.92. The van der Waals surface area contributed by atoms with Gasteiger partial charge in [0, 0.05) is 11.7 Å². The van der Waals surface area contributed by atoms with Crippen LogP contribution < -0.4 is 16.4 Å². The van der Waals surface area contributed by atoms with Gasteiger partial charge in [0.15, 0.2) is 0 Å². The number of hydrogen-bond acceptors (Lipinski definition) is 3. The van der Waals surface area contributed by atoms with Gasteiger partial charge in [0.1, 0.15) is 0 Å². The fourth-order valence-electron chi connectivity index (χ4n) is 2.95. The fraction of sp³-hybridized carbons (Fsp3) is 0.533. The standard InChI is InChI=1S/C15H23N3O/c1-15(2,6-7-16)14(17-3)10-4-5-12-11(8-10)9-13(19)18-12/h4-5,8,14,17H,6-7,9,16H2,1-3H3,(H,18,19). The van der Waals surface area contributed by atoms with Crippen molar-refractivity contribution in [1.29, 1.82) is 0 Å². The summed E-state index contributed by atoms with van der Waals surface area (Å²) in [5.74, 6) is 0.0781. The van der Waals surface area contributed by atoms with E-state index >= 15 is 0 Å². The van der Waals surface area contributed by atoms with Crippen molar-refractivity contribution >= 4 is 11.6 Å². The van der Waals surface area contributed by atoms with Gasteiger partial charge >= 0.3 is 0 Å². The van der Waals surface area contributed by atoms with Gasteiger partial charge in [-0.25, -0.2) is 0 Å². The minimum Gasteiger partial charge on any atom is -0.330 e. The van der Waals surface area contributed by atoms with Gasteiger partial charge in [-0.15, -0.1) is 0 Å². The zero-order valence-electron chi connectivity index (χ0n) is 11.9. The van der Waals surface area contributed by atoms with Crippen LogP contribution in [0.4, 0.5) is 5.69 Å². The van der Waals surface area contributed by atoms with Crippen LogP contribution in [0.5, 0.6) is 0 Å². The molecule has 1 atom stereocenters. The lowest BCUT2D eigenvalue weighted by atomic mass is 9.77. The van der Waals surface area contributed by atoms with Crippen LogP contribution in [0, 0.1) is 5.41 Å². The van der Waals surface area contributed by atoms with Crippen molar-refractivity contribution < 1.29 is 4.79 Å². The van der Waals surface area contributed by atoms with Gasteiger partial charge in [0.2, 0.25) is 5.91 Å². The summed E-state index contributed by atoms with van der Waals surface area (Å²) in [4.78, 5) is 11.4. The summed E-state index contributed by atoms with van der Waals surface area (Å²) >= 11 is 0. The van der Waals surface area contributed by atoms with Crippen LogP contribution in [0.15, 0.2) is 18.2 Å². The first-order chi connectivity index (χ1) is 8.97. The maximum atomic E-state index is 11.4. The molecule has 0 aromatic heterocycles. The Hall–Kier alpha value is -1.39. The molecule has 19 heavy (non-hydrogen) atoms. The van der Waals surface area contributed by atoms with Gasteiger partial charge in [0.05, 0.1) is 6.42 Å². The number of fused-ring (bicyclic) bond motifs is 1. The summed E-state index contributed by atoms with van der Waals surface area (Å²) in [6.07, 6.45) is 1.43. The summed E-state index contributed by atoms with van der Waals surface area (Å²) in [5.41, 5.74) is 9.04. The highest BCUT2D eigenvalue weighted by Gasteiger charge is 2.30. The van der Waals surface area contributed by atoms with E-state index in [1.165, 1.54) is 5.56 Å². The molecule has 1 aliphatic rings. The lowest BCUT2D eigenvalue weighted by molar-refractivity contribution is -0.115. The predicted molar refractivity (Wildman–Crippen MR) is 78.0 cm³/mol. The van der Waals surface area contributed by atoms with Gasteiger partial charge in [-0.1, -0.05) is 26.0 Å². The topological polar surface area (TPSA) is 67.2 Å². The molecule has 1 unspecified atom stereocenters. The Morgan fingerprint density at radius 1 is 1.47 bits per heavy atom. The number of anilines is 1. The van der Waals surface area contributed by atoms with E-state index in [2.05, 4.69) is 36.6 Å². The van der Waals surface area contributed by atoms with E-state index in [0.717, 1.165) is 17.7 Å². The molecule has 104 valence electrons. The van der Waals surface area contributed by atoms with Crippen LogP contribution in [-0.4, -0.2) is 19.5 Å². The smallest absolute Gasteiger partial charge is 0.228 e. The SMILES string of the molecule is CNC(c1ccc2c(c1)CC(=O)N2)C(C)(C)CCN. The average Bonchev–Trinajstić information content (AvgIpc) is 2.68. The zero-order valence-corrected chi connectivity index (χ0v) is 11.9. The Labute approximate surface area is 114 Å². The van der Waals surface area contributed by atoms with Crippen LogP contribution >= 0.6 is 0 Å². The molecule has 0 aliphatic carbocycles. The second kappa shape index (κ2) is 5.31. The molecule has 0 bridgehead atoms. The van der Waals surface area contributed by atoms with E-state index in [4.69, 9.17) is 5.73 Å². The van der Waals surface area contributed by atoms with Crippen LogP contribution in [0.3, 0.4) is 0 Å². The summed E-state index contributed by atoms with van der Waals surface area (Å²) in [6.45, 7) is 5.12. The van der Waals surface area contributed by atoms with E-state index in [1.807, 2.05) is 13.1 Å². The number of nitrogens with two attached hydrogens (primary N) is 1. The predicted octanol–water partition coefficient (Wildman–Crippen LogP) is 1.82. The monoisotopic (exact) mass is 261 g/mol. The molecule has 0 saturated heterocycles. The van der Waals surface area contributed by atoms with Gasteiger partial charge in [-0.2, -0.15) is 0 Å². The Balaban J connectivity index is 2.30. The quantitative estimate of drug-likeness (QED) is 0.757. The summed E-state index contributed by atoms with van der Waals surface area (Å²) in [5, 5.41) is 6.25. The lowest BCUT2D eigenvalue weighted by Crippen LogP contribution is -2.33. The molecule has 1 heterocycles. The maximum Gasteiger partial charge on any atom is 0.228 e. The van der Waals surface area contributed by atoms with Crippen molar-refractivity contribution in [2.75, 3.05) is 18.9 Å². The van der Waals surface area contributed by atoms with Crippen LogP contribution in [-0.2, 0) is 11.2 Å². The highest BCUT2D eigenvalue weighted by atomic mass is 16.1. The molecule has 1 aliphatic heterocycles. The molecular formula is C15H23N3O. The third-order valence-corrected chi connectivity index (χ3v) is 3.95. The summed E-state index contributed by atoms with van der Waals surface area (Å²) in [6, 6.07) is 6.45. The van der Waals surface area contributed by atoms with E-state index < -0.39 is 0 Å². The lowest BCUT2D eigenvalue weighted by Gasteiger charge is -2.34. The largest absolute Gasteiger partial charge is 0.330 e. The van der Waals surface area contributed by atoms with Crippen LogP contribution in [0.25, 0.3) is 0 Å². The minimum atomic E-state index is 0.0772. The maximum absolute atomic E-state index is 11.4. The Morgan fingerprint density at radius 2 is 2.21 bits per heavy atom. The first-order valence-electron chi connectivity index (χ1n) is 6.78. The van der Waals surface area contributed by atoms with Gasteiger partial charge in [-0.3, -0.25) is 4.79 Å². The average molecular weight is 261 g/mol. The van der Waals surface area contributed by atoms with Crippen LogP contribution in [0.1, 0.15) is 37.4 Å². The number of nitrogens with one attached hydrogen (secondary N) is 2. The molecule has 0 fully saturated rings. The van der Waals surface area contributed by atoms with Crippen molar-refractivity contribution in [2.24, 2.45) is 11.1 Å². The highest BCUT2D eigenvalue weighted by molar-refractivity contribution is 5.99. The van der Waals surface area contributed by atoms with Crippen molar-refractivity contribution in [1.82, 2.24) is 5.32 Å². The van der Waals surface area contributed by atoms with E-state index in [-0.39, 0.29) is 17.4 Å². The molecule has 1 aromatic rings. The second-order valence-corrected chi connectivity index (χ2v) is 5.89. The molecule has 1 aromatic carbocycles. The van der Waals surface area contributed by atoms with Crippen molar-refractivity contribution in [3.63, 3.8) is 0 Å². The van der Waals surface area contributed by atoms with E-state index in [9.17, 15) is 4.79 Å².